The molecule has 0 saturated heterocycles. The van der Waals surface area contributed by atoms with Crippen LogP contribution in [-0.4, -0.2) is 19.3 Å². The molecule has 0 amide bonds. The molecule has 1 aliphatic carbocycles. The molecule has 0 spiro atoms. The van der Waals surface area contributed by atoms with Crippen molar-refractivity contribution < 1.29 is 14.6 Å². The number of aromatic hydroxyl groups is 1. The summed E-state index contributed by atoms with van der Waals surface area (Å²) in [5.74, 6) is 1.68. The number of phenolic OH excluding ortho intramolecular Hbond substituents is 1. The van der Waals surface area contributed by atoms with Crippen LogP contribution in [0, 0.1) is 5.92 Å². The predicted molar refractivity (Wildman–Crippen MR) is 90.9 cm³/mol. The van der Waals surface area contributed by atoms with Gasteiger partial charge >= 0.3 is 0 Å². The van der Waals surface area contributed by atoms with Crippen LogP contribution in [0.2, 0.25) is 0 Å². The molecule has 2 aromatic rings. The topological polar surface area (TPSA) is 38.7 Å². The monoisotopic (exact) mass is 312 g/mol. The second-order valence-corrected chi connectivity index (χ2v) is 6.16. The lowest BCUT2D eigenvalue weighted by atomic mass is 9.82. The van der Waals surface area contributed by atoms with Crippen LogP contribution < -0.4 is 4.74 Å². The van der Waals surface area contributed by atoms with E-state index >= 15 is 0 Å². The zero-order valence-corrected chi connectivity index (χ0v) is 13.7. The number of benzene rings is 2. The highest BCUT2D eigenvalue weighted by Crippen LogP contribution is 2.51. The van der Waals surface area contributed by atoms with Gasteiger partial charge in [-0.05, 0) is 42.4 Å². The van der Waals surface area contributed by atoms with Gasteiger partial charge in [-0.25, -0.2) is 0 Å². The zero-order valence-electron chi connectivity index (χ0n) is 13.7. The first-order chi connectivity index (χ1) is 11.3. The minimum atomic E-state index is 0.0352. The van der Waals surface area contributed by atoms with Crippen molar-refractivity contribution in [3.63, 3.8) is 0 Å². The lowest BCUT2D eigenvalue weighted by Gasteiger charge is -2.29. The van der Waals surface area contributed by atoms with Crippen molar-refractivity contribution in [1.29, 1.82) is 0 Å². The highest BCUT2D eigenvalue weighted by molar-refractivity contribution is 5.47. The molecule has 1 N–H and O–H groups in total. The van der Waals surface area contributed by atoms with Crippen LogP contribution in [0.3, 0.4) is 0 Å². The number of methoxy groups -OCH3 is 2. The molecule has 1 saturated carbocycles. The number of ether oxygens (including phenoxy) is 2. The minimum absolute atomic E-state index is 0.0352. The van der Waals surface area contributed by atoms with Gasteiger partial charge in [0.1, 0.15) is 11.5 Å². The standard InChI is InChI=1S/C20H24O3/c1-22-18-13-7-12-17(21)19(18)15-10-6-11-16(15)20(23-2)14-8-4-3-5-9-14/h3-5,7-9,12-13,15-16,20-21H,6,10-11H2,1-2H3/t15-,16+,20?/m0/s1. The first-order valence-electron chi connectivity index (χ1n) is 8.20. The maximum Gasteiger partial charge on any atom is 0.126 e. The van der Waals surface area contributed by atoms with Crippen molar-refractivity contribution in [3.8, 4) is 11.5 Å². The van der Waals surface area contributed by atoms with Gasteiger partial charge in [-0.1, -0.05) is 42.8 Å². The average Bonchev–Trinajstić information content (AvgIpc) is 3.05. The average molecular weight is 312 g/mol. The largest absolute Gasteiger partial charge is 0.508 e. The number of rotatable bonds is 5. The molecule has 3 nitrogen and oxygen atoms in total. The molecule has 122 valence electrons. The molecular formula is C20H24O3. The van der Waals surface area contributed by atoms with Gasteiger partial charge in [0.15, 0.2) is 0 Å². The third-order valence-corrected chi connectivity index (χ3v) is 4.97. The summed E-state index contributed by atoms with van der Waals surface area (Å²) in [5, 5.41) is 10.4. The van der Waals surface area contributed by atoms with E-state index in [9.17, 15) is 5.11 Å². The molecule has 3 heteroatoms. The molecule has 0 radical (unpaired) electrons. The summed E-state index contributed by atoms with van der Waals surface area (Å²) in [7, 11) is 3.43. The molecule has 1 aliphatic rings. The van der Waals surface area contributed by atoms with E-state index in [1.807, 2.05) is 30.3 Å². The highest BCUT2D eigenvalue weighted by atomic mass is 16.5. The molecule has 3 rings (SSSR count). The summed E-state index contributed by atoms with van der Waals surface area (Å²) in [6.45, 7) is 0. The molecule has 1 fully saturated rings. The van der Waals surface area contributed by atoms with E-state index in [2.05, 4.69) is 12.1 Å². The first kappa shape index (κ1) is 15.9. The first-order valence-corrected chi connectivity index (χ1v) is 8.20. The van der Waals surface area contributed by atoms with Crippen molar-refractivity contribution >= 4 is 0 Å². The van der Waals surface area contributed by atoms with Crippen LogP contribution in [0.25, 0.3) is 0 Å². The van der Waals surface area contributed by atoms with E-state index in [0.29, 0.717) is 11.7 Å². The van der Waals surface area contributed by atoms with E-state index in [1.165, 1.54) is 5.56 Å². The Morgan fingerprint density at radius 3 is 2.48 bits per heavy atom. The van der Waals surface area contributed by atoms with Gasteiger partial charge in [-0.2, -0.15) is 0 Å². The molecule has 3 atom stereocenters. The lowest BCUT2D eigenvalue weighted by Crippen LogP contribution is -2.18. The Morgan fingerprint density at radius 1 is 1.00 bits per heavy atom. The summed E-state index contributed by atoms with van der Waals surface area (Å²) >= 11 is 0. The summed E-state index contributed by atoms with van der Waals surface area (Å²) in [6.07, 6.45) is 3.31. The van der Waals surface area contributed by atoms with Crippen molar-refractivity contribution in [2.75, 3.05) is 14.2 Å². The maximum absolute atomic E-state index is 10.4. The van der Waals surface area contributed by atoms with Gasteiger partial charge in [-0.3, -0.25) is 0 Å². The van der Waals surface area contributed by atoms with Gasteiger partial charge < -0.3 is 14.6 Å². The molecule has 2 aromatic carbocycles. The summed E-state index contributed by atoms with van der Waals surface area (Å²) < 4.78 is 11.4. The number of hydrogen-bond donors (Lipinski definition) is 1. The van der Waals surface area contributed by atoms with Crippen LogP contribution in [0.4, 0.5) is 0 Å². The predicted octanol–water partition coefficient (Wildman–Crippen LogP) is 4.67. The van der Waals surface area contributed by atoms with E-state index in [1.54, 1.807) is 20.3 Å². The summed E-state index contributed by atoms with van der Waals surface area (Å²) in [6, 6.07) is 15.8. The molecule has 0 aromatic heterocycles. The number of hydrogen-bond acceptors (Lipinski definition) is 3. The Bertz CT molecular complexity index is 639. The van der Waals surface area contributed by atoms with Crippen molar-refractivity contribution in [2.24, 2.45) is 5.92 Å². The van der Waals surface area contributed by atoms with Crippen LogP contribution >= 0.6 is 0 Å². The van der Waals surface area contributed by atoms with Gasteiger partial charge in [-0.15, -0.1) is 0 Å². The Balaban J connectivity index is 1.97. The fourth-order valence-electron chi connectivity index (χ4n) is 3.99. The maximum atomic E-state index is 10.4. The SMILES string of the molecule is COc1cccc(O)c1[C@H]1CCC[C@H]1C(OC)c1ccccc1. The lowest BCUT2D eigenvalue weighted by molar-refractivity contribution is 0.0462. The minimum Gasteiger partial charge on any atom is -0.508 e. The van der Waals surface area contributed by atoms with Gasteiger partial charge in [0.2, 0.25) is 0 Å². The van der Waals surface area contributed by atoms with E-state index in [-0.39, 0.29) is 12.0 Å². The Labute approximate surface area is 137 Å². The smallest absolute Gasteiger partial charge is 0.126 e. The normalized spacial score (nSPS) is 22.0. The van der Waals surface area contributed by atoms with E-state index in [4.69, 9.17) is 9.47 Å². The summed E-state index contributed by atoms with van der Waals surface area (Å²) in [5.41, 5.74) is 2.12. The van der Waals surface area contributed by atoms with Crippen LogP contribution in [0.5, 0.6) is 11.5 Å². The Hall–Kier alpha value is -2.00. The quantitative estimate of drug-likeness (QED) is 0.871. The fraction of sp³-hybridized carbons (Fsp3) is 0.400. The number of phenols is 1. The molecule has 0 bridgehead atoms. The van der Waals surface area contributed by atoms with E-state index < -0.39 is 0 Å². The molecule has 23 heavy (non-hydrogen) atoms. The molecule has 1 unspecified atom stereocenters. The summed E-state index contributed by atoms with van der Waals surface area (Å²) in [4.78, 5) is 0. The Kier molecular flexibility index (Phi) is 4.87. The van der Waals surface area contributed by atoms with E-state index in [0.717, 1.165) is 30.6 Å². The third-order valence-electron chi connectivity index (χ3n) is 4.97. The molecule has 0 heterocycles. The highest BCUT2D eigenvalue weighted by Gasteiger charge is 2.38. The van der Waals surface area contributed by atoms with Crippen molar-refractivity contribution in [2.45, 2.75) is 31.3 Å². The van der Waals surface area contributed by atoms with Gasteiger partial charge in [0.25, 0.3) is 0 Å². The van der Waals surface area contributed by atoms with Gasteiger partial charge in [0.05, 0.1) is 13.2 Å². The molecular weight excluding hydrogens is 288 g/mol. The van der Waals surface area contributed by atoms with Crippen LogP contribution in [0.1, 0.15) is 42.4 Å². The third kappa shape index (κ3) is 3.06. The second kappa shape index (κ2) is 7.05. The van der Waals surface area contributed by atoms with Crippen LogP contribution in [0.15, 0.2) is 48.5 Å². The fourth-order valence-corrected chi connectivity index (χ4v) is 3.99. The second-order valence-electron chi connectivity index (χ2n) is 6.16. The Morgan fingerprint density at radius 2 is 1.78 bits per heavy atom. The van der Waals surface area contributed by atoms with Gasteiger partial charge in [0, 0.05) is 12.7 Å². The van der Waals surface area contributed by atoms with Crippen molar-refractivity contribution in [1.82, 2.24) is 0 Å². The zero-order chi connectivity index (χ0) is 16.2. The van der Waals surface area contributed by atoms with Crippen LogP contribution in [-0.2, 0) is 4.74 Å². The van der Waals surface area contributed by atoms with Crippen molar-refractivity contribution in [3.05, 3.63) is 59.7 Å². The molecule has 0 aliphatic heterocycles.